The Hall–Kier alpha value is 0.610. The summed E-state index contributed by atoms with van der Waals surface area (Å²) in [7, 11) is -4.67. The molecule has 0 heterocycles. The Bertz CT molecular complexity index is 308. The molecule has 21 heavy (non-hydrogen) atoms. The Morgan fingerprint density at radius 3 is 1.57 bits per heavy atom. The van der Waals surface area contributed by atoms with Crippen molar-refractivity contribution < 1.29 is 17.5 Å². The van der Waals surface area contributed by atoms with Crippen LogP contribution in [0, 0.1) is 0 Å². The van der Waals surface area contributed by atoms with Gasteiger partial charge >= 0.3 is 112 Å². The molecule has 0 bridgehead atoms. The van der Waals surface area contributed by atoms with Gasteiger partial charge in [0.2, 0.25) is 0 Å². The molecule has 0 saturated heterocycles. The minimum atomic E-state index is -4.67. The summed E-state index contributed by atoms with van der Waals surface area (Å²) in [6, 6.07) is 0. The fraction of sp³-hybridized carbons (Fsp3) is 0.867. The minimum absolute atomic E-state index is 1.32. The third-order valence-electron chi connectivity index (χ3n) is 3.13. The third kappa shape index (κ3) is 38.5. The Labute approximate surface area is 148 Å². The van der Waals surface area contributed by atoms with E-state index >= 15 is 0 Å². The number of unbranched alkanes of at least 4 members (excludes halogenated alkanes) is 10. The molecule has 6 heteroatoms. The molecule has 122 valence electrons. The van der Waals surface area contributed by atoms with Crippen LogP contribution in [-0.4, -0.2) is 45.5 Å². The predicted molar refractivity (Wildman–Crippen MR) is 90.3 cm³/mol. The van der Waals surface area contributed by atoms with Crippen LogP contribution in [0.1, 0.15) is 77.6 Å². The summed E-state index contributed by atoms with van der Waals surface area (Å²) in [5, 5.41) is 0. The first-order valence-electron chi connectivity index (χ1n) is 8.26. The third-order valence-corrected chi connectivity index (χ3v) is 3.60. The Balaban J connectivity index is 0. The number of allylic oxidation sites excluding steroid dienone is 2. The molecule has 0 unspecified atom stereocenters. The molecular weight excluding hydrogens is 299 g/mol. The van der Waals surface area contributed by atoms with Crippen molar-refractivity contribution in [2.45, 2.75) is 81.2 Å². The molecule has 0 saturated carbocycles. The van der Waals surface area contributed by atoms with Gasteiger partial charge in [-0.2, -0.15) is 8.42 Å². The van der Waals surface area contributed by atoms with Gasteiger partial charge in [0.05, 0.1) is 0 Å². The van der Waals surface area contributed by atoms with E-state index in [0.717, 1.165) is 0 Å². The molecule has 0 aliphatic carbocycles. The standard InChI is InChI=1S/C15H29.Na.H2O4S/c1-3-5-7-9-11-13-15-14-12-10-8-6-4-2;;1-5(2,3)4/h3,5H,1,4,6-15H2,2H3;;(H2,1,2,3,4). The van der Waals surface area contributed by atoms with Crippen molar-refractivity contribution in [2.75, 3.05) is 0 Å². The van der Waals surface area contributed by atoms with Crippen LogP contribution < -0.4 is 0 Å². The van der Waals surface area contributed by atoms with Crippen LogP contribution in [0.2, 0.25) is 3.67 Å². The maximum atomic E-state index is 8.74. The van der Waals surface area contributed by atoms with E-state index in [1.807, 2.05) is 0 Å². The second-order valence-corrected chi connectivity index (χ2v) is 7.01. The molecular formula is C15H31NaO4S. The molecule has 0 fully saturated rings. The van der Waals surface area contributed by atoms with Gasteiger partial charge in [0.15, 0.2) is 0 Å². The van der Waals surface area contributed by atoms with Crippen LogP contribution in [0.5, 0.6) is 0 Å². The van der Waals surface area contributed by atoms with Crippen molar-refractivity contribution in [1.29, 1.82) is 0 Å². The fourth-order valence-electron chi connectivity index (χ4n) is 2.03. The Kier molecular flexibility index (Phi) is 21.2. The molecule has 0 aromatic heterocycles. The smallest absolute Gasteiger partial charge is 0.264 e. The van der Waals surface area contributed by atoms with Gasteiger partial charge in [-0.3, -0.25) is 9.11 Å². The van der Waals surface area contributed by atoms with E-state index in [0.29, 0.717) is 0 Å². The molecule has 4 nitrogen and oxygen atoms in total. The monoisotopic (exact) mass is 330 g/mol. The zero-order chi connectivity index (χ0) is 16.4. The van der Waals surface area contributed by atoms with E-state index < -0.39 is 10.4 Å². The first-order valence-corrected chi connectivity index (χ1v) is 11.1. The quantitative estimate of drug-likeness (QED) is 0.233. The van der Waals surface area contributed by atoms with Crippen molar-refractivity contribution in [3.05, 3.63) is 12.2 Å². The van der Waals surface area contributed by atoms with Crippen molar-refractivity contribution >= 4 is 38.3 Å². The molecule has 0 aromatic rings. The van der Waals surface area contributed by atoms with E-state index in [9.17, 15) is 0 Å². The SMILES string of the molecule is CCCCCCCCCCCCC=C[CH2][Na].O=S(=O)(O)O. The maximum absolute atomic E-state index is 8.74. The van der Waals surface area contributed by atoms with Crippen LogP contribution in [-0.2, 0) is 10.4 Å². The van der Waals surface area contributed by atoms with Gasteiger partial charge in [-0.05, 0) is 0 Å². The second kappa shape index (κ2) is 18.7. The maximum Gasteiger partial charge on any atom is 0.394 e. The topological polar surface area (TPSA) is 74.6 Å². The second-order valence-electron chi connectivity index (χ2n) is 5.30. The average molecular weight is 330 g/mol. The van der Waals surface area contributed by atoms with Gasteiger partial charge in [0.25, 0.3) is 0 Å². The largest absolute Gasteiger partial charge is 0.394 e. The van der Waals surface area contributed by atoms with Gasteiger partial charge in [-0.15, -0.1) is 0 Å². The van der Waals surface area contributed by atoms with Gasteiger partial charge in [0, 0.05) is 0 Å². The number of hydrogen-bond donors (Lipinski definition) is 2. The minimum Gasteiger partial charge on any atom is -0.264 e. The molecule has 2 N–H and O–H groups in total. The number of hydrogen-bond acceptors (Lipinski definition) is 2. The summed E-state index contributed by atoms with van der Waals surface area (Å²) in [5.41, 5.74) is 0. The first kappa shape index (κ1) is 23.9. The first-order chi connectivity index (χ1) is 9.91. The summed E-state index contributed by atoms with van der Waals surface area (Å²) < 4.78 is 32.9. The van der Waals surface area contributed by atoms with E-state index in [1.54, 1.807) is 0 Å². The van der Waals surface area contributed by atoms with E-state index in [1.165, 1.54) is 102 Å². The van der Waals surface area contributed by atoms with Crippen LogP contribution in [0.4, 0.5) is 0 Å². The van der Waals surface area contributed by atoms with Crippen LogP contribution in [0.25, 0.3) is 0 Å². The average Bonchev–Trinajstić information content (AvgIpc) is 2.38. The summed E-state index contributed by atoms with van der Waals surface area (Å²) in [5.74, 6) is 0. The van der Waals surface area contributed by atoms with Crippen molar-refractivity contribution in [3.63, 3.8) is 0 Å². The zero-order valence-electron chi connectivity index (χ0n) is 13.8. The van der Waals surface area contributed by atoms with Crippen molar-refractivity contribution in [1.82, 2.24) is 0 Å². The van der Waals surface area contributed by atoms with Gasteiger partial charge in [-0.1, -0.05) is 19.8 Å². The summed E-state index contributed by atoms with van der Waals surface area (Å²) in [4.78, 5) is 0. The summed E-state index contributed by atoms with van der Waals surface area (Å²) >= 11 is 1.32. The predicted octanol–water partition coefficient (Wildman–Crippen LogP) is 4.79. The zero-order valence-corrected chi connectivity index (χ0v) is 16.6. The summed E-state index contributed by atoms with van der Waals surface area (Å²) in [6.45, 7) is 2.29. The number of rotatable bonds is 12. The molecule has 0 aliphatic heterocycles. The fourth-order valence-corrected chi connectivity index (χ4v) is 2.37. The summed E-state index contributed by atoms with van der Waals surface area (Å²) in [6.07, 6.45) is 20.5. The van der Waals surface area contributed by atoms with Crippen molar-refractivity contribution in [3.8, 4) is 0 Å². The Morgan fingerprint density at radius 2 is 1.19 bits per heavy atom. The van der Waals surface area contributed by atoms with Crippen LogP contribution >= 0.6 is 0 Å². The van der Waals surface area contributed by atoms with Gasteiger partial charge in [-0.25, -0.2) is 0 Å². The van der Waals surface area contributed by atoms with Gasteiger partial charge in [0.1, 0.15) is 0 Å². The van der Waals surface area contributed by atoms with E-state index in [4.69, 9.17) is 17.5 Å². The molecule has 0 amide bonds. The molecule has 0 aliphatic rings. The molecule has 0 radical (unpaired) electrons. The van der Waals surface area contributed by atoms with Crippen molar-refractivity contribution in [2.24, 2.45) is 0 Å². The normalized spacial score (nSPS) is 11.5. The Morgan fingerprint density at radius 1 is 0.810 bits per heavy atom. The van der Waals surface area contributed by atoms with Crippen LogP contribution in [0.15, 0.2) is 12.2 Å². The molecule has 0 aromatic carbocycles. The van der Waals surface area contributed by atoms with Crippen LogP contribution in [0.3, 0.4) is 0 Å². The van der Waals surface area contributed by atoms with E-state index in [2.05, 4.69) is 19.1 Å². The molecule has 0 atom stereocenters. The van der Waals surface area contributed by atoms with Gasteiger partial charge < -0.3 is 0 Å². The van der Waals surface area contributed by atoms with E-state index in [-0.39, 0.29) is 0 Å². The molecule has 0 spiro atoms. The molecule has 0 rings (SSSR count).